The predicted molar refractivity (Wildman–Crippen MR) is 79.0 cm³/mol. The number of aromatic hydroxyl groups is 1. The van der Waals surface area contributed by atoms with Gasteiger partial charge in [0.25, 0.3) is 0 Å². The molecule has 1 aromatic rings. The Morgan fingerprint density at radius 1 is 1.15 bits per heavy atom. The maximum absolute atomic E-state index is 10.6. The Kier molecular flexibility index (Phi) is 7.73. The molecule has 0 saturated carbocycles. The molecule has 0 unspecified atom stereocenters. The number of ketones is 1. The molecule has 0 aromatic heterocycles. The zero-order valence-electron chi connectivity index (χ0n) is 11.3. The van der Waals surface area contributed by atoms with Crippen molar-refractivity contribution in [2.75, 3.05) is 19.8 Å². The summed E-state index contributed by atoms with van der Waals surface area (Å²) < 4.78 is 10.6. The molecule has 0 aliphatic carbocycles. The van der Waals surface area contributed by atoms with Crippen LogP contribution in [-0.2, 0) is 9.53 Å². The minimum absolute atomic E-state index is 0.00923. The summed E-state index contributed by atoms with van der Waals surface area (Å²) in [6.07, 6.45) is 2.62. The first-order valence-electron chi connectivity index (χ1n) is 6.38. The number of carbonyl (C=O) groups excluding carboxylic acids is 1. The summed E-state index contributed by atoms with van der Waals surface area (Å²) in [5.41, 5.74) is 0. The lowest BCUT2D eigenvalue weighted by molar-refractivity contribution is -0.121. The van der Waals surface area contributed by atoms with Crippen LogP contribution in [0.3, 0.4) is 0 Å². The van der Waals surface area contributed by atoms with Crippen molar-refractivity contribution in [2.24, 2.45) is 0 Å². The fourth-order valence-corrected chi connectivity index (χ4v) is 2.14. The lowest BCUT2D eigenvalue weighted by Crippen LogP contribution is -2.05. The number of benzene rings is 1. The maximum Gasteiger partial charge on any atom is 0.156 e. The van der Waals surface area contributed by atoms with Crippen LogP contribution in [0.2, 0.25) is 10.0 Å². The number of rotatable bonds is 9. The zero-order valence-corrected chi connectivity index (χ0v) is 12.8. The smallest absolute Gasteiger partial charge is 0.156 e. The van der Waals surface area contributed by atoms with E-state index in [4.69, 9.17) is 32.7 Å². The second kappa shape index (κ2) is 9.06. The maximum atomic E-state index is 10.6. The number of Topliss-reactive ketones (excluding diaryl/α,β-unsaturated/α-hetero) is 1. The van der Waals surface area contributed by atoms with Gasteiger partial charge >= 0.3 is 0 Å². The monoisotopic (exact) mass is 320 g/mol. The Balaban J connectivity index is 2.17. The number of phenolic OH excluding ortho intramolecular Hbond substituents is 1. The third-order valence-corrected chi connectivity index (χ3v) is 3.03. The Morgan fingerprint density at radius 2 is 1.75 bits per heavy atom. The van der Waals surface area contributed by atoms with E-state index in [0.29, 0.717) is 29.0 Å². The molecule has 0 atom stereocenters. The van der Waals surface area contributed by atoms with Gasteiger partial charge in [-0.15, -0.1) is 0 Å². The second-order valence-electron chi connectivity index (χ2n) is 4.40. The molecule has 112 valence electrons. The molecule has 1 N–H and O–H groups in total. The Morgan fingerprint density at radius 3 is 2.35 bits per heavy atom. The van der Waals surface area contributed by atoms with Gasteiger partial charge < -0.3 is 14.6 Å². The van der Waals surface area contributed by atoms with Crippen LogP contribution in [0.15, 0.2) is 12.1 Å². The van der Waals surface area contributed by atoms with Crippen molar-refractivity contribution in [3.05, 3.63) is 22.2 Å². The molecule has 0 fully saturated rings. The van der Waals surface area contributed by atoms with E-state index in [2.05, 4.69) is 0 Å². The quantitative estimate of drug-likeness (QED) is 0.702. The van der Waals surface area contributed by atoms with Crippen LogP contribution in [0.4, 0.5) is 0 Å². The second-order valence-corrected chi connectivity index (χ2v) is 5.22. The fourth-order valence-electron chi connectivity index (χ4n) is 1.56. The number of hydrogen-bond donors (Lipinski definition) is 1. The van der Waals surface area contributed by atoms with Crippen LogP contribution in [-0.4, -0.2) is 30.7 Å². The van der Waals surface area contributed by atoms with Gasteiger partial charge in [0.05, 0.1) is 16.7 Å². The first kappa shape index (κ1) is 17.1. The summed E-state index contributed by atoms with van der Waals surface area (Å²) in [5.74, 6) is 0.430. The number of phenols is 1. The van der Waals surface area contributed by atoms with Gasteiger partial charge in [-0.25, -0.2) is 0 Å². The van der Waals surface area contributed by atoms with Gasteiger partial charge in [0.2, 0.25) is 0 Å². The van der Waals surface area contributed by atoms with E-state index in [9.17, 15) is 9.90 Å². The standard InChI is InChI=1S/C14H18Cl2O4/c1-10(17)9-19-5-3-2-4-6-20-14-12(15)7-11(18)8-13(14)16/h7-8,18H,2-6,9H2,1H3. The first-order valence-corrected chi connectivity index (χ1v) is 7.14. The normalized spacial score (nSPS) is 10.6. The molecule has 20 heavy (non-hydrogen) atoms. The summed E-state index contributed by atoms with van der Waals surface area (Å²) in [4.78, 5) is 10.6. The Hall–Kier alpha value is -0.970. The van der Waals surface area contributed by atoms with Gasteiger partial charge in [-0.2, -0.15) is 0 Å². The van der Waals surface area contributed by atoms with Crippen molar-refractivity contribution in [1.29, 1.82) is 0 Å². The van der Waals surface area contributed by atoms with Gasteiger partial charge in [0.15, 0.2) is 11.5 Å². The highest BCUT2D eigenvalue weighted by Crippen LogP contribution is 2.36. The highest BCUT2D eigenvalue weighted by Gasteiger charge is 2.09. The number of carbonyl (C=O) groups is 1. The molecule has 0 heterocycles. The molecule has 0 spiro atoms. The molecule has 0 saturated heterocycles. The summed E-state index contributed by atoms with van der Waals surface area (Å²) in [5, 5.41) is 9.87. The molecule has 4 nitrogen and oxygen atoms in total. The van der Waals surface area contributed by atoms with E-state index < -0.39 is 0 Å². The van der Waals surface area contributed by atoms with Crippen molar-refractivity contribution in [1.82, 2.24) is 0 Å². The van der Waals surface area contributed by atoms with Gasteiger partial charge in [-0.3, -0.25) is 4.79 Å². The SMILES string of the molecule is CC(=O)COCCCCCOc1c(Cl)cc(O)cc1Cl. The minimum atomic E-state index is 0.00923. The molecule has 1 rings (SSSR count). The summed E-state index contributed by atoms with van der Waals surface area (Å²) >= 11 is 11.8. The minimum Gasteiger partial charge on any atom is -0.508 e. The predicted octanol–water partition coefficient (Wildman–Crippen LogP) is 3.85. The first-order chi connectivity index (χ1) is 9.50. The lowest BCUT2D eigenvalue weighted by Gasteiger charge is -2.10. The van der Waals surface area contributed by atoms with Gasteiger partial charge in [-0.05, 0) is 26.2 Å². The summed E-state index contributed by atoms with van der Waals surface area (Å²) in [6.45, 7) is 2.73. The lowest BCUT2D eigenvalue weighted by atomic mass is 10.2. The van der Waals surface area contributed by atoms with Crippen LogP contribution in [0, 0.1) is 0 Å². The third kappa shape index (κ3) is 6.46. The van der Waals surface area contributed by atoms with Crippen LogP contribution in [0.25, 0.3) is 0 Å². The largest absolute Gasteiger partial charge is 0.508 e. The highest BCUT2D eigenvalue weighted by atomic mass is 35.5. The van der Waals surface area contributed by atoms with E-state index in [-0.39, 0.29) is 18.1 Å². The van der Waals surface area contributed by atoms with E-state index in [1.165, 1.54) is 19.1 Å². The van der Waals surface area contributed by atoms with Crippen molar-refractivity contribution in [3.8, 4) is 11.5 Å². The average molecular weight is 321 g/mol. The molecule has 0 radical (unpaired) electrons. The van der Waals surface area contributed by atoms with Crippen molar-refractivity contribution in [3.63, 3.8) is 0 Å². The Bertz CT molecular complexity index is 426. The average Bonchev–Trinajstić information content (AvgIpc) is 2.34. The van der Waals surface area contributed by atoms with Crippen LogP contribution in [0.1, 0.15) is 26.2 Å². The topological polar surface area (TPSA) is 55.8 Å². The van der Waals surface area contributed by atoms with Crippen LogP contribution in [0.5, 0.6) is 11.5 Å². The van der Waals surface area contributed by atoms with Crippen LogP contribution >= 0.6 is 23.2 Å². The van der Waals surface area contributed by atoms with E-state index in [1.54, 1.807) is 0 Å². The van der Waals surface area contributed by atoms with Gasteiger partial charge in [-0.1, -0.05) is 23.2 Å². The van der Waals surface area contributed by atoms with E-state index in [1.807, 2.05) is 0 Å². The van der Waals surface area contributed by atoms with Crippen LogP contribution < -0.4 is 4.74 Å². The summed E-state index contributed by atoms with van der Waals surface area (Å²) in [6, 6.07) is 2.77. The van der Waals surface area contributed by atoms with Gasteiger partial charge in [0, 0.05) is 18.7 Å². The zero-order chi connectivity index (χ0) is 15.0. The van der Waals surface area contributed by atoms with Crippen molar-refractivity contribution < 1.29 is 19.4 Å². The van der Waals surface area contributed by atoms with E-state index in [0.717, 1.165) is 19.3 Å². The van der Waals surface area contributed by atoms with E-state index >= 15 is 0 Å². The van der Waals surface area contributed by atoms with Crippen molar-refractivity contribution >= 4 is 29.0 Å². The van der Waals surface area contributed by atoms with Crippen molar-refractivity contribution in [2.45, 2.75) is 26.2 Å². The molecule has 6 heteroatoms. The molecule has 0 bridgehead atoms. The highest BCUT2D eigenvalue weighted by molar-refractivity contribution is 6.37. The number of ether oxygens (including phenoxy) is 2. The third-order valence-electron chi connectivity index (χ3n) is 2.47. The Labute approximate surface area is 128 Å². The fraction of sp³-hybridized carbons (Fsp3) is 0.500. The number of hydrogen-bond acceptors (Lipinski definition) is 4. The summed E-state index contributed by atoms with van der Waals surface area (Å²) in [7, 11) is 0. The molecule has 0 aliphatic heterocycles. The molecular formula is C14H18Cl2O4. The molecule has 0 amide bonds. The number of unbranched alkanes of at least 4 members (excludes halogenated alkanes) is 2. The molecule has 0 aliphatic rings. The number of halogens is 2. The van der Waals surface area contributed by atoms with Gasteiger partial charge in [0.1, 0.15) is 12.4 Å². The molecule has 1 aromatic carbocycles. The molecular weight excluding hydrogens is 303 g/mol.